The van der Waals surface area contributed by atoms with E-state index in [0.717, 1.165) is 16.9 Å². The highest BCUT2D eigenvalue weighted by molar-refractivity contribution is 5.28. The lowest BCUT2D eigenvalue weighted by Crippen LogP contribution is -2.53. The van der Waals surface area contributed by atoms with Gasteiger partial charge in [0.15, 0.2) is 0 Å². The third kappa shape index (κ3) is 5.05. The summed E-state index contributed by atoms with van der Waals surface area (Å²) in [6.45, 7) is 2.24. The Labute approximate surface area is 154 Å². The third-order valence-corrected chi connectivity index (χ3v) is 4.81. The van der Waals surface area contributed by atoms with Crippen molar-refractivity contribution in [1.82, 2.24) is 4.90 Å². The number of aliphatic hydroxyl groups excluding tert-OH is 2. The van der Waals surface area contributed by atoms with Crippen molar-refractivity contribution in [2.75, 3.05) is 20.3 Å². The van der Waals surface area contributed by atoms with Crippen LogP contribution in [0.2, 0.25) is 0 Å². The molecule has 0 aromatic heterocycles. The Morgan fingerprint density at radius 3 is 2.38 bits per heavy atom. The Morgan fingerprint density at radius 1 is 0.962 bits per heavy atom. The van der Waals surface area contributed by atoms with Crippen LogP contribution in [0.15, 0.2) is 54.6 Å². The van der Waals surface area contributed by atoms with Crippen LogP contribution in [0.3, 0.4) is 0 Å². The Bertz CT molecular complexity index is 661. The van der Waals surface area contributed by atoms with Crippen molar-refractivity contribution < 1.29 is 19.7 Å². The van der Waals surface area contributed by atoms with Gasteiger partial charge < -0.3 is 19.7 Å². The van der Waals surface area contributed by atoms with E-state index in [2.05, 4.69) is 4.90 Å². The molecular weight excluding hydrogens is 330 g/mol. The number of likely N-dealkylation sites (tertiary alicyclic amines) is 1. The minimum Gasteiger partial charge on any atom is -0.489 e. The van der Waals surface area contributed by atoms with Crippen LogP contribution in [0.5, 0.6) is 5.75 Å². The standard InChI is InChI=1S/C21H27NO4/c1-25-15-18-11-20(23)21(24)13-22(18)12-16-7-9-19(10-8-16)26-14-17-5-3-2-4-6-17/h2-10,18,20-21,23-24H,11-15H2,1H3/t18?,20?,21-/m0/s1. The molecule has 0 amide bonds. The van der Waals surface area contributed by atoms with Crippen LogP contribution in [0.4, 0.5) is 0 Å². The highest BCUT2D eigenvalue weighted by Gasteiger charge is 2.33. The van der Waals surface area contributed by atoms with Crippen LogP contribution < -0.4 is 4.74 Å². The fourth-order valence-corrected chi connectivity index (χ4v) is 3.32. The summed E-state index contributed by atoms with van der Waals surface area (Å²) in [6.07, 6.45) is -0.871. The molecule has 0 saturated carbocycles. The average molecular weight is 357 g/mol. The fourth-order valence-electron chi connectivity index (χ4n) is 3.32. The fraction of sp³-hybridized carbons (Fsp3) is 0.429. The highest BCUT2D eigenvalue weighted by Crippen LogP contribution is 2.22. The molecule has 3 atom stereocenters. The molecule has 0 spiro atoms. The number of rotatable bonds is 7. The zero-order valence-corrected chi connectivity index (χ0v) is 15.1. The minimum atomic E-state index is -0.711. The normalized spacial score (nSPS) is 23.7. The molecule has 1 heterocycles. The van der Waals surface area contributed by atoms with E-state index in [1.807, 2.05) is 54.6 Å². The van der Waals surface area contributed by atoms with Gasteiger partial charge in [0.25, 0.3) is 0 Å². The van der Waals surface area contributed by atoms with Gasteiger partial charge in [-0.25, -0.2) is 0 Å². The highest BCUT2D eigenvalue weighted by atomic mass is 16.5. The van der Waals surface area contributed by atoms with Crippen molar-refractivity contribution in [1.29, 1.82) is 0 Å². The Kier molecular flexibility index (Phi) is 6.63. The van der Waals surface area contributed by atoms with Gasteiger partial charge in [0.05, 0.1) is 18.8 Å². The van der Waals surface area contributed by atoms with E-state index >= 15 is 0 Å². The van der Waals surface area contributed by atoms with E-state index in [1.165, 1.54) is 0 Å². The summed E-state index contributed by atoms with van der Waals surface area (Å²) in [6, 6.07) is 18.2. The summed E-state index contributed by atoms with van der Waals surface area (Å²) >= 11 is 0. The second-order valence-corrected chi connectivity index (χ2v) is 6.83. The van der Waals surface area contributed by atoms with Crippen molar-refractivity contribution in [2.45, 2.75) is 37.8 Å². The van der Waals surface area contributed by atoms with Gasteiger partial charge in [-0.1, -0.05) is 42.5 Å². The lowest BCUT2D eigenvalue weighted by molar-refractivity contribution is -0.0770. The van der Waals surface area contributed by atoms with Gasteiger partial charge in [-0.2, -0.15) is 0 Å². The van der Waals surface area contributed by atoms with Crippen LogP contribution >= 0.6 is 0 Å². The van der Waals surface area contributed by atoms with Crippen molar-refractivity contribution in [3.63, 3.8) is 0 Å². The number of hydrogen-bond donors (Lipinski definition) is 2. The number of β-amino-alcohol motifs (C(OH)–C–C–N with tert-alkyl or cyclic N) is 1. The summed E-state index contributed by atoms with van der Waals surface area (Å²) in [5.41, 5.74) is 2.28. The van der Waals surface area contributed by atoms with E-state index in [0.29, 0.717) is 32.7 Å². The van der Waals surface area contributed by atoms with Crippen LogP contribution in [0.25, 0.3) is 0 Å². The molecule has 1 fully saturated rings. The SMILES string of the molecule is COCC1CC(O)[C@@H](O)CN1Cc1ccc(OCc2ccccc2)cc1. The molecule has 5 heteroatoms. The lowest BCUT2D eigenvalue weighted by atomic mass is 9.97. The van der Waals surface area contributed by atoms with E-state index in [1.54, 1.807) is 7.11 Å². The zero-order valence-electron chi connectivity index (χ0n) is 15.1. The average Bonchev–Trinajstić information content (AvgIpc) is 2.66. The molecule has 5 nitrogen and oxygen atoms in total. The largest absolute Gasteiger partial charge is 0.489 e. The number of nitrogens with zero attached hydrogens (tertiary/aromatic N) is 1. The van der Waals surface area contributed by atoms with Gasteiger partial charge in [0.1, 0.15) is 12.4 Å². The van der Waals surface area contributed by atoms with E-state index < -0.39 is 12.2 Å². The van der Waals surface area contributed by atoms with Crippen LogP contribution in [-0.2, 0) is 17.9 Å². The van der Waals surface area contributed by atoms with Gasteiger partial charge in [0.2, 0.25) is 0 Å². The topological polar surface area (TPSA) is 62.2 Å². The molecule has 3 rings (SSSR count). The van der Waals surface area contributed by atoms with Gasteiger partial charge in [-0.05, 0) is 29.7 Å². The number of methoxy groups -OCH3 is 1. The molecular formula is C21H27NO4. The van der Waals surface area contributed by atoms with Crippen LogP contribution in [0.1, 0.15) is 17.5 Å². The summed E-state index contributed by atoms with van der Waals surface area (Å²) in [4.78, 5) is 2.17. The first-order valence-electron chi connectivity index (χ1n) is 9.00. The first kappa shape index (κ1) is 18.9. The van der Waals surface area contributed by atoms with E-state index in [4.69, 9.17) is 9.47 Å². The van der Waals surface area contributed by atoms with Crippen molar-refractivity contribution >= 4 is 0 Å². The van der Waals surface area contributed by atoms with E-state index in [9.17, 15) is 10.2 Å². The van der Waals surface area contributed by atoms with Crippen molar-refractivity contribution in [3.05, 3.63) is 65.7 Å². The van der Waals surface area contributed by atoms with Crippen molar-refractivity contribution in [2.24, 2.45) is 0 Å². The molecule has 2 unspecified atom stereocenters. The maximum atomic E-state index is 9.98. The van der Waals surface area contributed by atoms with Gasteiger partial charge in [0, 0.05) is 26.2 Å². The maximum absolute atomic E-state index is 9.98. The molecule has 1 saturated heterocycles. The van der Waals surface area contributed by atoms with Crippen LogP contribution in [-0.4, -0.2) is 53.6 Å². The maximum Gasteiger partial charge on any atom is 0.119 e. The first-order valence-corrected chi connectivity index (χ1v) is 9.00. The van der Waals surface area contributed by atoms with Gasteiger partial charge in [-0.15, -0.1) is 0 Å². The number of piperidine rings is 1. The second-order valence-electron chi connectivity index (χ2n) is 6.83. The smallest absolute Gasteiger partial charge is 0.119 e. The molecule has 0 bridgehead atoms. The lowest BCUT2D eigenvalue weighted by Gasteiger charge is -2.40. The molecule has 0 radical (unpaired) electrons. The number of aliphatic hydroxyl groups is 2. The molecule has 2 aromatic carbocycles. The Morgan fingerprint density at radius 2 is 1.69 bits per heavy atom. The monoisotopic (exact) mass is 357 g/mol. The summed E-state index contributed by atoms with van der Waals surface area (Å²) in [5.74, 6) is 0.833. The second kappa shape index (κ2) is 9.14. The third-order valence-electron chi connectivity index (χ3n) is 4.81. The van der Waals surface area contributed by atoms with Crippen molar-refractivity contribution in [3.8, 4) is 5.75 Å². The molecule has 1 aliphatic rings. The minimum absolute atomic E-state index is 0.104. The van der Waals surface area contributed by atoms with Gasteiger partial charge >= 0.3 is 0 Å². The quantitative estimate of drug-likeness (QED) is 0.796. The summed E-state index contributed by atoms with van der Waals surface area (Å²) < 4.78 is 11.1. The molecule has 2 aromatic rings. The Balaban J connectivity index is 1.57. The molecule has 1 aliphatic heterocycles. The summed E-state index contributed by atoms with van der Waals surface area (Å²) in [5, 5.41) is 19.9. The molecule has 0 aliphatic carbocycles. The first-order chi connectivity index (χ1) is 12.7. The number of hydrogen-bond acceptors (Lipinski definition) is 5. The van der Waals surface area contributed by atoms with E-state index in [-0.39, 0.29) is 6.04 Å². The molecule has 140 valence electrons. The molecule has 2 N–H and O–H groups in total. The molecule has 26 heavy (non-hydrogen) atoms. The number of benzene rings is 2. The van der Waals surface area contributed by atoms with Gasteiger partial charge in [-0.3, -0.25) is 4.90 Å². The van der Waals surface area contributed by atoms with Crippen LogP contribution in [0, 0.1) is 0 Å². The summed E-state index contributed by atoms with van der Waals surface area (Å²) in [7, 11) is 1.66. The Hall–Kier alpha value is -1.92. The zero-order chi connectivity index (χ0) is 18.4. The predicted octanol–water partition coefficient (Wildman–Crippen LogP) is 2.21. The predicted molar refractivity (Wildman–Crippen MR) is 99.9 cm³/mol. The number of ether oxygens (including phenoxy) is 2.